The number of phenolic OH excluding ortho intramolecular Hbond substituents is 7. The molecule has 0 aliphatic rings. The van der Waals surface area contributed by atoms with Crippen LogP contribution >= 0.6 is 0 Å². The van der Waals surface area contributed by atoms with Crippen LogP contribution in [0.1, 0.15) is 135 Å². The number of hydrogen-bond acceptors (Lipinski definition) is 30. The number of aromatic carboxylic acids is 3. The van der Waals surface area contributed by atoms with Crippen LogP contribution in [0.25, 0.3) is 77.9 Å². The van der Waals surface area contributed by atoms with Crippen molar-refractivity contribution in [1.82, 2.24) is 14.9 Å². The molecular formula is C99H75N7O31. The predicted octanol–water partition coefficient (Wildman–Crippen LogP) is 16.3. The standard InChI is InChI=1S/C16H15NO3.C15H11NO6.2C14H9NO6.C14H11NO3.C14H10O4.C12H10N2O3/c1-17(2)16(20)13-5-3-4-11(8-13)12-6-7-15(19)14(9-12)10-18;1-22-15(19)10-4-2-9(3-5-10)11-6-12(8-17)14(18)13(7-11)16(20)21;16-7-11-5-10(6-12(13(11)17)15(20)21)8-1-3-9(4-2-8)14(18)19;16-7-11-5-10(6-12(13(11)17)15(20)21)8-2-1-3-9(4-8)14(18)19;15-14(18)11-3-1-2-9(6-11)10-4-5-13(17)12(7-10)8-16;15-8-12-7-10(4-5-13(12)16)9-2-1-3-11(6-9)14(17)18;1-17-11-3-2-9(10(6-15)12(11)16)8-4-13-7-14-5-8/h3-10,19H,1-2H3;2-8,18H,1H3;2*1-7,17H,(H,18,19);1-8,17H,(H2,15,18);1-8,16H,(H,17,18);2-7,16H,1H3. The molecule has 0 saturated heterocycles. The van der Waals surface area contributed by atoms with Gasteiger partial charge in [-0.2, -0.15) is 0 Å². The molecule has 0 atom stereocenters. The summed E-state index contributed by atoms with van der Waals surface area (Å²) in [5.74, 6) is -6.55. The fourth-order valence-corrected chi connectivity index (χ4v) is 12.5. The van der Waals surface area contributed by atoms with Gasteiger partial charge >= 0.3 is 40.9 Å². The molecule has 14 aromatic rings. The lowest BCUT2D eigenvalue weighted by Crippen LogP contribution is -2.21. The lowest BCUT2D eigenvalue weighted by atomic mass is 10.00. The zero-order valence-corrected chi connectivity index (χ0v) is 71.8. The summed E-state index contributed by atoms with van der Waals surface area (Å²) in [7, 11) is 6.07. The summed E-state index contributed by atoms with van der Waals surface area (Å²) in [5, 5.41) is 126. The molecular weight excluding hydrogens is 1780 g/mol. The SMILES string of the molecule is CN(C)C(=O)c1cccc(-c2ccc(O)c(C=O)c2)c1.COC(=O)c1ccc(-c2cc(C=O)c(O)c([N+](=O)[O-])c2)cc1.COc1ccc(-c2cncnc2)c(C=O)c1O.NC(=O)c1cccc(-c2ccc(O)c(C=O)c2)c1.O=Cc1cc(-c2ccc(C(=O)O)cc2)cc([N+](=O)[O-])c1O.O=Cc1cc(-c2cccc(C(=O)O)c2)cc([N+](=O)[O-])c1O.O=Cc1cc(-c2cccc(C(=O)O)c2)ccc1O. The van der Waals surface area contributed by atoms with Crippen molar-refractivity contribution in [3.05, 3.63) is 370 Å². The summed E-state index contributed by atoms with van der Waals surface area (Å²) in [6.07, 6.45) is 7.82. The minimum absolute atomic E-state index is 0.0101. The number of nitrogens with two attached hydrogens (primary N) is 1. The van der Waals surface area contributed by atoms with Crippen LogP contribution in [0.4, 0.5) is 17.1 Å². The number of nitro benzene ring substituents is 3. The van der Waals surface area contributed by atoms with E-state index in [2.05, 4.69) is 14.7 Å². The quantitative estimate of drug-likeness (QED) is 0.0116. The van der Waals surface area contributed by atoms with E-state index in [9.17, 15) is 128 Å². The van der Waals surface area contributed by atoms with Gasteiger partial charge < -0.3 is 71.2 Å². The van der Waals surface area contributed by atoms with E-state index in [1.807, 2.05) is 6.07 Å². The molecule has 12 N–H and O–H groups in total. The predicted molar refractivity (Wildman–Crippen MR) is 493 cm³/mol. The Morgan fingerprint density at radius 2 is 0.642 bits per heavy atom. The number of primary amides is 1. The lowest BCUT2D eigenvalue weighted by molar-refractivity contribution is -0.386. The minimum atomic E-state index is -1.14. The number of amides is 2. The van der Waals surface area contributed by atoms with Crippen LogP contribution < -0.4 is 10.5 Å². The number of nitro groups is 3. The molecule has 2 amide bonds. The average molecular weight is 1860 g/mol. The van der Waals surface area contributed by atoms with Gasteiger partial charge in [0.05, 0.1) is 90.2 Å². The Bertz CT molecular complexity index is 6900. The van der Waals surface area contributed by atoms with E-state index in [0.29, 0.717) is 111 Å². The highest BCUT2D eigenvalue weighted by Crippen LogP contribution is 2.40. The number of aromatic hydroxyl groups is 7. The van der Waals surface area contributed by atoms with Gasteiger partial charge in [0.1, 0.15) is 23.6 Å². The number of ether oxygens (including phenoxy) is 2. The number of carbonyl (C=O) groups excluding carboxylic acids is 10. The fourth-order valence-electron chi connectivity index (χ4n) is 12.5. The van der Waals surface area contributed by atoms with Gasteiger partial charge in [-0.3, -0.25) is 73.5 Å². The molecule has 0 radical (unpaired) electrons. The molecule has 38 nitrogen and oxygen atoms in total. The second-order valence-corrected chi connectivity index (χ2v) is 28.4. The molecule has 0 fully saturated rings. The normalized spacial score (nSPS) is 10.0. The number of nitrogens with zero attached hydrogens (tertiary/aromatic N) is 6. The van der Waals surface area contributed by atoms with E-state index in [1.54, 1.807) is 142 Å². The van der Waals surface area contributed by atoms with E-state index in [4.69, 9.17) is 25.8 Å². The molecule has 0 bridgehead atoms. The first-order chi connectivity index (χ1) is 65.4. The van der Waals surface area contributed by atoms with Crippen molar-refractivity contribution in [3.8, 4) is 124 Å². The number of benzene rings is 13. The Morgan fingerprint density at radius 1 is 0.336 bits per heavy atom. The van der Waals surface area contributed by atoms with Crippen LogP contribution in [0.5, 0.6) is 46.0 Å². The Hall–Kier alpha value is -19.9. The second-order valence-electron chi connectivity index (χ2n) is 28.4. The number of phenols is 7. The number of carboxylic acid groups (broad SMARTS) is 3. The third kappa shape index (κ3) is 26.6. The van der Waals surface area contributed by atoms with Gasteiger partial charge in [0.2, 0.25) is 23.2 Å². The molecule has 0 aliphatic heterocycles. The number of carboxylic acids is 3. The van der Waals surface area contributed by atoms with E-state index < -0.39 is 78.9 Å². The van der Waals surface area contributed by atoms with Crippen LogP contribution in [0, 0.1) is 30.3 Å². The summed E-state index contributed by atoms with van der Waals surface area (Å²) in [5.41, 5.74) is 13.2. The van der Waals surface area contributed by atoms with Crippen molar-refractivity contribution >= 4 is 96.8 Å². The molecule has 38 heteroatoms. The van der Waals surface area contributed by atoms with Crippen LogP contribution in [-0.2, 0) is 4.74 Å². The zero-order chi connectivity index (χ0) is 101. The zero-order valence-electron chi connectivity index (χ0n) is 71.8. The van der Waals surface area contributed by atoms with Crippen LogP contribution in [0.15, 0.2) is 267 Å². The van der Waals surface area contributed by atoms with Crippen LogP contribution in [0.2, 0.25) is 0 Å². The Kier molecular flexibility index (Phi) is 35.8. The van der Waals surface area contributed by atoms with Crippen molar-refractivity contribution in [3.63, 3.8) is 0 Å². The van der Waals surface area contributed by atoms with E-state index >= 15 is 0 Å². The smallest absolute Gasteiger partial charge is 0.337 e. The maximum absolute atomic E-state index is 11.9. The number of rotatable bonds is 24. The van der Waals surface area contributed by atoms with Crippen molar-refractivity contribution < 1.29 is 138 Å². The Morgan fingerprint density at radius 3 is 0.964 bits per heavy atom. The molecule has 0 spiro atoms. The van der Waals surface area contributed by atoms with E-state index in [0.717, 1.165) is 40.5 Å². The van der Waals surface area contributed by atoms with Crippen molar-refractivity contribution in [2.24, 2.45) is 5.73 Å². The highest BCUT2D eigenvalue weighted by atomic mass is 16.6. The minimum Gasteiger partial charge on any atom is -0.507 e. The van der Waals surface area contributed by atoms with Gasteiger partial charge in [-0.25, -0.2) is 29.1 Å². The van der Waals surface area contributed by atoms with Gasteiger partial charge in [-0.1, -0.05) is 91.0 Å². The first-order valence-corrected chi connectivity index (χ1v) is 39.2. The average Bonchev–Trinajstić information content (AvgIpc) is 0.820. The van der Waals surface area contributed by atoms with Crippen molar-refractivity contribution in [1.29, 1.82) is 0 Å². The molecule has 1 heterocycles. The van der Waals surface area contributed by atoms with Gasteiger partial charge in [0, 0.05) is 61.4 Å². The summed E-state index contributed by atoms with van der Waals surface area (Å²) < 4.78 is 9.52. The first-order valence-electron chi connectivity index (χ1n) is 39.2. The highest BCUT2D eigenvalue weighted by molar-refractivity contribution is 5.99. The van der Waals surface area contributed by atoms with E-state index in [-0.39, 0.29) is 95.9 Å². The topological polar surface area (TPSA) is 627 Å². The molecule has 0 saturated carbocycles. The Balaban J connectivity index is 0.000000197. The molecule has 1 aromatic heterocycles. The highest BCUT2D eigenvalue weighted by Gasteiger charge is 2.25. The molecule has 13 aromatic carbocycles. The molecule has 692 valence electrons. The number of aldehydes is 7. The van der Waals surface area contributed by atoms with Crippen LogP contribution in [-0.4, -0.2) is 189 Å². The lowest BCUT2D eigenvalue weighted by Gasteiger charge is -2.11. The molecule has 0 aliphatic carbocycles. The number of methoxy groups -OCH3 is 2. The second kappa shape index (κ2) is 47.9. The largest absolute Gasteiger partial charge is 0.507 e. The summed E-state index contributed by atoms with van der Waals surface area (Å²) in [6, 6.07) is 62.3. The van der Waals surface area contributed by atoms with Crippen LogP contribution in [0.3, 0.4) is 0 Å². The summed E-state index contributed by atoms with van der Waals surface area (Å²) in [6.45, 7) is 0. The third-order valence-corrected chi connectivity index (χ3v) is 19.5. The number of esters is 1. The fraction of sp³-hybridized carbons (Fsp3) is 0.0404. The summed E-state index contributed by atoms with van der Waals surface area (Å²) in [4.78, 5) is 183. The van der Waals surface area contributed by atoms with Gasteiger partial charge in [0.15, 0.2) is 55.5 Å². The van der Waals surface area contributed by atoms with E-state index in [1.165, 1.54) is 135 Å². The number of hydrogen-bond donors (Lipinski definition) is 11. The molecule has 0 unspecified atom stereocenters. The number of aromatic nitrogens is 2. The number of carbonyl (C=O) groups is 13. The maximum atomic E-state index is 11.9. The Labute approximate surface area is 773 Å². The van der Waals surface area contributed by atoms with Gasteiger partial charge in [-0.15, -0.1) is 0 Å². The molecule has 14 rings (SSSR count). The molecule has 137 heavy (non-hydrogen) atoms. The summed E-state index contributed by atoms with van der Waals surface area (Å²) >= 11 is 0. The monoisotopic (exact) mass is 1860 g/mol. The third-order valence-electron chi connectivity index (χ3n) is 19.5. The maximum Gasteiger partial charge on any atom is 0.337 e. The first kappa shape index (κ1) is 102. The van der Waals surface area contributed by atoms with Gasteiger partial charge in [-0.05, 0) is 212 Å². The van der Waals surface area contributed by atoms with Crippen molar-refractivity contribution in [2.75, 3.05) is 28.3 Å². The van der Waals surface area contributed by atoms with Gasteiger partial charge in [0.25, 0.3) is 5.91 Å². The van der Waals surface area contributed by atoms with Crippen molar-refractivity contribution in [2.45, 2.75) is 0 Å².